The molecule has 1 unspecified atom stereocenters. The van der Waals surface area contributed by atoms with Crippen LogP contribution in [0.3, 0.4) is 0 Å². The van der Waals surface area contributed by atoms with E-state index in [1.807, 2.05) is 19.3 Å². The van der Waals surface area contributed by atoms with Crippen molar-refractivity contribution >= 4 is 0 Å². The van der Waals surface area contributed by atoms with E-state index in [1.54, 1.807) is 7.11 Å². The highest BCUT2D eigenvalue weighted by Gasteiger charge is 2.25. The average Bonchev–Trinajstić information content (AvgIpc) is 3.48. The number of rotatable bonds is 7. The van der Waals surface area contributed by atoms with Crippen molar-refractivity contribution in [3.63, 3.8) is 0 Å². The van der Waals surface area contributed by atoms with Crippen molar-refractivity contribution < 1.29 is 14.6 Å². The van der Waals surface area contributed by atoms with Crippen LogP contribution < -0.4 is 4.74 Å². The minimum atomic E-state index is 0.224. The molecule has 2 aliphatic rings. The standard InChI is InChI=1S/C27H38N6O3/c1-19-13-23(15-28-27(19)35-3)33-25-5-4-11-36-12-8-24(25)26(30-33)22-14-29-32(17-22)16-21-6-9-31(10-7-21)20(2)18-34/h13-15,17,20-21,34H,4-12,16,18H2,1-3H3. The summed E-state index contributed by atoms with van der Waals surface area (Å²) < 4.78 is 15.3. The van der Waals surface area contributed by atoms with Gasteiger partial charge in [0.1, 0.15) is 0 Å². The number of fused-ring (bicyclic) bond motifs is 1. The van der Waals surface area contributed by atoms with E-state index in [0.29, 0.717) is 18.4 Å². The SMILES string of the molecule is COc1ncc(-n2nc(-c3cnn(CC4CCN(C(C)CO)CC4)c3)c3c2CCCOCC3)cc1C. The third kappa shape index (κ3) is 5.19. The molecule has 3 aromatic rings. The van der Waals surface area contributed by atoms with Gasteiger partial charge in [0.15, 0.2) is 0 Å². The predicted octanol–water partition coefficient (Wildman–Crippen LogP) is 3.05. The van der Waals surface area contributed by atoms with Crippen LogP contribution in [0.25, 0.3) is 16.9 Å². The number of hydrogen-bond acceptors (Lipinski definition) is 7. The van der Waals surface area contributed by atoms with Gasteiger partial charge in [0, 0.05) is 47.8 Å². The third-order valence-electron chi connectivity index (χ3n) is 7.63. The molecule has 0 aliphatic carbocycles. The molecule has 1 N–H and O–H groups in total. The first-order valence-electron chi connectivity index (χ1n) is 13.1. The zero-order chi connectivity index (χ0) is 25.1. The Morgan fingerprint density at radius 1 is 1.19 bits per heavy atom. The molecule has 9 heteroatoms. The average molecular weight is 495 g/mol. The Kier molecular flexibility index (Phi) is 7.69. The van der Waals surface area contributed by atoms with Crippen molar-refractivity contribution in [3.05, 3.63) is 41.5 Å². The summed E-state index contributed by atoms with van der Waals surface area (Å²) >= 11 is 0. The zero-order valence-corrected chi connectivity index (χ0v) is 21.7. The van der Waals surface area contributed by atoms with Crippen molar-refractivity contribution in [2.45, 2.75) is 58.5 Å². The molecule has 0 bridgehead atoms. The minimum Gasteiger partial charge on any atom is -0.481 e. The maximum atomic E-state index is 9.45. The van der Waals surface area contributed by atoms with Crippen molar-refractivity contribution in [1.29, 1.82) is 0 Å². The van der Waals surface area contributed by atoms with Crippen LogP contribution in [-0.2, 0) is 24.1 Å². The lowest BCUT2D eigenvalue weighted by Crippen LogP contribution is -2.42. The fourth-order valence-corrected chi connectivity index (χ4v) is 5.49. The molecule has 1 saturated heterocycles. The first-order valence-corrected chi connectivity index (χ1v) is 13.1. The van der Waals surface area contributed by atoms with Crippen LogP contribution in [0.5, 0.6) is 5.88 Å². The number of nitrogens with zero attached hydrogens (tertiary/aromatic N) is 6. The van der Waals surface area contributed by atoms with E-state index in [-0.39, 0.29) is 12.6 Å². The summed E-state index contributed by atoms with van der Waals surface area (Å²) in [7, 11) is 1.65. The van der Waals surface area contributed by atoms with Crippen molar-refractivity contribution in [3.8, 4) is 22.8 Å². The summed E-state index contributed by atoms with van der Waals surface area (Å²) in [5.41, 5.74) is 6.46. The van der Waals surface area contributed by atoms with Crippen molar-refractivity contribution in [2.75, 3.05) is 40.0 Å². The van der Waals surface area contributed by atoms with Crippen molar-refractivity contribution in [1.82, 2.24) is 29.4 Å². The Balaban J connectivity index is 1.40. The second kappa shape index (κ2) is 11.1. The summed E-state index contributed by atoms with van der Waals surface area (Å²) in [5.74, 6) is 1.24. The smallest absolute Gasteiger partial charge is 0.216 e. The van der Waals surface area contributed by atoms with Crippen LogP contribution in [0.1, 0.15) is 43.0 Å². The van der Waals surface area contributed by atoms with Crippen LogP contribution in [-0.4, -0.2) is 80.6 Å². The largest absolute Gasteiger partial charge is 0.481 e. The molecule has 0 saturated carbocycles. The topological polar surface area (TPSA) is 90.5 Å². The van der Waals surface area contributed by atoms with Gasteiger partial charge in [-0.15, -0.1) is 0 Å². The maximum Gasteiger partial charge on any atom is 0.216 e. The fourth-order valence-electron chi connectivity index (χ4n) is 5.49. The molecule has 0 aromatic carbocycles. The van der Waals surface area contributed by atoms with E-state index in [2.05, 4.69) is 38.4 Å². The van der Waals surface area contributed by atoms with Gasteiger partial charge in [0.05, 0.1) is 44.1 Å². The molecule has 5 heterocycles. The quantitative estimate of drug-likeness (QED) is 0.540. The van der Waals surface area contributed by atoms with Crippen LogP contribution in [0.2, 0.25) is 0 Å². The number of aromatic nitrogens is 5. The molecule has 1 atom stereocenters. The molecular weight excluding hydrogens is 456 g/mol. The highest BCUT2D eigenvalue weighted by molar-refractivity contribution is 5.64. The molecular formula is C27H38N6O3. The van der Waals surface area contributed by atoms with Gasteiger partial charge in [-0.25, -0.2) is 9.67 Å². The van der Waals surface area contributed by atoms with Gasteiger partial charge in [0.25, 0.3) is 0 Å². The number of ether oxygens (including phenoxy) is 2. The van der Waals surface area contributed by atoms with Crippen LogP contribution in [0.15, 0.2) is 24.7 Å². The van der Waals surface area contributed by atoms with E-state index >= 15 is 0 Å². The molecule has 2 aliphatic heterocycles. The van der Waals surface area contributed by atoms with E-state index in [9.17, 15) is 5.11 Å². The van der Waals surface area contributed by atoms with E-state index in [4.69, 9.17) is 19.7 Å². The Morgan fingerprint density at radius 3 is 2.78 bits per heavy atom. The summed E-state index contributed by atoms with van der Waals surface area (Å²) in [4.78, 5) is 6.88. The monoisotopic (exact) mass is 494 g/mol. The van der Waals surface area contributed by atoms with Crippen LogP contribution in [0, 0.1) is 12.8 Å². The number of pyridine rings is 1. The van der Waals surface area contributed by atoms with Gasteiger partial charge in [-0.2, -0.15) is 10.2 Å². The lowest BCUT2D eigenvalue weighted by molar-refractivity contribution is 0.0916. The van der Waals surface area contributed by atoms with Crippen LogP contribution in [0.4, 0.5) is 0 Å². The van der Waals surface area contributed by atoms with Crippen molar-refractivity contribution in [2.24, 2.45) is 5.92 Å². The predicted molar refractivity (Wildman–Crippen MR) is 138 cm³/mol. The first-order chi connectivity index (χ1) is 17.6. The highest BCUT2D eigenvalue weighted by atomic mass is 16.5. The number of hydrogen-bond donors (Lipinski definition) is 1. The molecule has 5 rings (SSSR count). The number of aryl methyl sites for hydroxylation is 1. The Bertz CT molecular complexity index is 1160. The Hall–Kier alpha value is -2.75. The molecule has 1 fully saturated rings. The minimum absolute atomic E-state index is 0.224. The summed E-state index contributed by atoms with van der Waals surface area (Å²) in [5, 5.41) is 19.3. The molecule has 0 spiro atoms. The summed E-state index contributed by atoms with van der Waals surface area (Å²) in [6.45, 7) is 8.78. The summed E-state index contributed by atoms with van der Waals surface area (Å²) in [6, 6.07) is 2.33. The second-order valence-electron chi connectivity index (χ2n) is 10.1. The number of piperidine rings is 1. The second-order valence-corrected chi connectivity index (χ2v) is 10.1. The molecule has 3 aromatic heterocycles. The summed E-state index contributed by atoms with van der Waals surface area (Å²) in [6.07, 6.45) is 10.9. The molecule has 0 amide bonds. The van der Waals surface area contributed by atoms with E-state index in [0.717, 1.165) is 80.9 Å². The van der Waals surface area contributed by atoms with Gasteiger partial charge in [-0.3, -0.25) is 9.58 Å². The number of aliphatic hydroxyl groups excluding tert-OH is 1. The maximum absolute atomic E-state index is 9.45. The zero-order valence-electron chi connectivity index (χ0n) is 21.7. The first kappa shape index (κ1) is 24.9. The molecule has 9 nitrogen and oxygen atoms in total. The lowest BCUT2D eigenvalue weighted by atomic mass is 9.96. The van der Waals surface area contributed by atoms with Crippen LogP contribution >= 0.6 is 0 Å². The molecule has 194 valence electrons. The van der Waals surface area contributed by atoms with Gasteiger partial charge < -0.3 is 14.6 Å². The van der Waals surface area contributed by atoms with E-state index < -0.39 is 0 Å². The number of likely N-dealkylation sites (tertiary alicyclic amines) is 1. The number of methoxy groups -OCH3 is 1. The van der Waals surface area contributed by atoms with Gasteiger partial charge in [0.2, 0.25) is 5.88 Å². The lowest BCUT2D eigenvalue weighted by Gasteiger charge is -2.35. The van der Waals surface area contributed by atoms with Gasteiger partial charge in [-0.1, -0.05) is 0 Å². The Labute approximate surface area is 213 Å². The molecule has 36 heavy (non-hydrogen) atoms. The fraction of sp³-hybridized carbons (Fsp3) is 0.593. The third-order valence-corrected chi connectivity index (χ3v) is 7.63. The number of aliphatic hydroxyl groups is 1. The highest BCUT2D eigenvalue weighted by Crippen LogP contribution is 2.31. The van der Waals surface area contributed by atoms with Gasteiger partial charge >= 0.3 is 0 Å². The molecule has 0 radical (unpaired) electrons. The Morgan fingerprint density at radius 2 is 2.03 bits per heavy atom. The van der Waals surface area contributed by atoms with E-state index in [1.165, 1.54) is 11.3 Å². The normalized spacial score (nSPS) is 18.4. The van der Waals surface area contributed by atoms with Gasteiger partial charge in [-0.05, 0) is 71.0 Å².